The molecule has 2 N–H and O–H groups in total. The Bertz CT molecular complexity index is 1350. The van der Waals surface area contributed by atoms with E-state index in [4.69, 9.17) is 14.8 Å². The third-order valence-electron chi connectivity index (χ3n) is 5.60. The van der Waals surface area contributed by atoms with Crippen molar-refractivity contribution >= 4 is 29.0 Å². The zero-order valence-corrected chi connectivity index (χ0v) is 19.8. The third-order valence-corrected chi connectivity index (χ3v) is 5.60. The van der Waals surface area contributed by atoms with Crippen LogP contribution < -0.4 is 10.1 Å². The Morgan fingerprint density at radius 3 is 2.46 bits per heavy atom. The van der Waals surface area contributed by atoms with Gasteiger partial charge in [-0.15, -0.1) is 0 Å². The number of aromatic nitrogens is 3. The molecule has 0 aliphatic rings. The number of nitrogens with zero attached hydrogens (tertiary/aromatic N) is 3. The number of nitrogens with one attached hydrogen (secondary N) is 1. The lowest BCUT2D eigenvalue weighted by molar-refractivity contribution is -0.116. The lowest BCUT2D eigenvalue weighted by atomic mass is 10.0. The fourth-order valence-corrected chi connectivity index (χ4v) is 4.01. The summed E-state index contributed by atoms with van der Waals surface area (Å²) in [5, 5.41) is 11.8. The van der Waals surface area contributed by atoms with E-state index >= 15 is 0 Å². The van der Waals surface area contributed by atoms with Gasteiger partial charge in [-0.2, -0.15) is 0 Å². The number of imidazole rings is 1. The summed E-state index contributed by atoms with van der Waals surface area (Å²) in [4.78, 5) is 32.3. The van der Waals surface area contributed by atoms with Gasteiger partial charge in [0.1, 0.15) is 17.4 Å². The number of ether oxygens (including phenoxy) is 1. The maximum Gasteiger partial charge on any atom is 0.511 e. The van der Waals surface area contributed by atoms with Gasteiger partial charge in [0.2, 0.25) is 5.91 Å². The van der Waals surface area contributed by atoms with Crippen LogP contribution in [0.2, 0.25) is 0 Å². The maximum atomic E-state index is 12.0. The topological polar surface area (TPSA) is 106 Å². The molecule has 8 nitrogen and oxygen atoms in total. The molecule has 0 spiro atoms. The molecule has 8 heteroatoms. The number of anilines is 1. The summed E-state index contributed by atoms with van der Waals surface area (Å²) in [6.45, 7) is 4.69. The number of amides is 1. The maximum absolute atomic E-state index is 12.0. The minimum absolute atomic E-state index is 0.0528. The number of rotatable bonds is 9. The van der Waals surface area contributed by atoms with Gasteiger partial charge in [0.05, 0.1) is 5.52 Å². The average molecular weight is 473 g/mol. The molecule has 0 unspecified atom stereocenters. The largest absolute Gasteiger partial charge is 0.511 e. The molecule has 2 aromatic heterocycles. The number of aryl methyl sites for hydroxylation is 1. The highest BCUT2D eigenvalue weighted by Gasteiger charge is 2.14. The highest BCUT2D eigenvalue weighted by atomic mass is 16.7. The van der Waals surface area contributed by atoms with Gasteiger partial charge in [-0.1, -0.05) is 56.3 Å². The molecule has 1 amide bonds. The van der Waals surface area contributed by atoms with E-state index in [0.717, 1.165) is 41.7 Å². The van der Waals surface area contributed by atoms with Crippen molar-refractivity contribution in [2.45, 2.75) is 46.1 Å². The zero-order valence-electron chi connectivity index (χ0n) is 19.8. The quantitative estimate of drug-likeness (QED) is 0.232. The Hall–Kier alpha value is -4.20. The fraction of sp³-hybridized carbons (Fsp3) is 0.259. The third kappa shape index (κ3) is 5.66. The van der Waals surface area contributed by atoms with Crippen molar-refractivity contribution in [3.8, 4) is 16.9 Å². The average Bonchev–Trinajstić information content (AvgIpc) is 3.16. The van der Waals surface area contributed by atoms with Gasteiger partial charge in [0, 0.05) is 24.9 Å². The molecule has 0 saturated heterocycles. The molecule has 0 fully saturated rings. The van der Waals surface area contributed by atoms with Crippen molar-refractivity contribution in [1.29, 1.82) is 0 Å². The van der Waals surface area contributed by atoms with Gasteiger partial charge < -0.3 is 19.7 Å². The highest BCUT2D eigenvalue weighted by molar-refractivity contribution is 5.90. The second-order valence-corrected chi connectivity index (χ2v) is 8.26. The summed E-state index contributed by atoms with van der Waals surface area (Å²) in [7, 11) is 0. The predicted octanol–water partition coefficient (Wildman–Crippen LogP) is 5.89. The van der Waals surface area contributed by atoms with Gasteiger partial charge in [0.25, 0.3) is 0 Å². The second kappa shape index (κ2) is 10.8. The molecule has 0 aliphatic carbocycles. The number of fused-ring (bicyclic) bond motifs is 1. The number of carbonyl (C=O) groups excluding carboxylic acids is 1. The van der Waals surface area contributed by atoms with Crippen LogP contribution in [0.15, 0.2) is 60.7 Å². The van der Waals surface area contributed by atoms with Crippen molar-refractivity contribution in [2.24, 2.45) is 0 Å². The molecule has 4 rings (SSSR count). The van der Waals surface area contributed by atoms with E-state index in [0.29, 0.717) is 35.7 Å². The minimum Gasteiger partial charge on any atom is -0.449 e. The predicted molar refractivity (Wildman–Crippen MR) is 135 cm³/mol. The molecule has 0 radical (unpaired) electrons. The van der Waals surface area contributed by atoms with Gasteiger partial charge in [-0.05, 0) is 42.2 Å². The summed E-state index contributed by atoms with van der Waals surface area (Å²) in [5.74, 6) is 1.70. The monoisotopic (exact) mass is 472 g/mol. The van der Waals surface area contributed by atoms with E-state index in [9.17, 15) is 9.59 Å². The molecule has 2 aromatic carbocycles. The Morgan fingerprint density at radius 1 is 0.971 bits per heavy atom. The number of carboxylic acid groups (broad SMARTS) is 1. The first-order chi connectivity index (χ1) is 17.0. The normalized spacial score (nSPS) is 10.9. The number of pyridine rings is 1. The molecule has 180 valence electrons. The van der Waals surface area contributed by atoms with Gasteiger partial charge in [-0.3, -0.25) is 4.79 Å². The van der Waals surface area contributed by atoms with Crippen LogP contribution in [0.1, 0.15) is 44.5 Å². The Morgan fingerprint density at radius 2 is 1.74 bits per heavy atom. The lowest BCUT2D eigenvalue weighted by Gasteiger charge is -2.11. The Balaban J connectivity index is 1.61. The lowest BCUT2D eigenvalue weighted by Crippen LogP contribution is -2.11. The molecule has 0 aliphatic heterocycles. The molecular weight excluding hydrogens is 444 g/mol. The minimum atomic E-state index is -1.34. The Kier molecular flexibility index (Phi) is 7.40. The van der Waals surface area contributed by atoms with Crippen LogP contribution in [0.4, 0.5) is 10.6 Å². The van der Waals surface area contributed by atoms with Crippen molar-refractivity contribution in [3.63, 3.8) is 0 Å². The number of hydrogen-bond donors (Lipinski definition) is 2. The first-order valence-corrected chi connectivity index (χ1v) is 11.7. The van der Waals surface area contributed by atoms with E-state index in [1.165, 1.54) is 0 Å². The van der Waals surface area contributed by atoms with E-state index < -0.39 is 6.16 Å². The highest BCUT2D eigenvalue weighted by Crippen LogP contribution is 2.30. The summed E-state index contributed by atoms with van der Waals surface area (Å²) < 4.78 is 7.08. The molecule has 0 atom stereocenters. The fourth-order valence-electron chi connectivity index (χ4n) is 4.01. The molecule has 2 heterocycles. The van der Waals surface area contributed by atoms with E-state index in [2.05, 4.69) is 21.8 Å². The SMILES string of the molecule is CCCC(=O)Nc1ccc2c(n1)nc(CCC)n2Cc1ccc(-c2ccccc2OC(=O)O)cc1. The summed E-state index contributed by atoms with van der Waals surface area (Å²) in [5.41, 5.74) is 4.17. The Labute approximate surface area is 203 Å². The van der Waals surface area contributed by atoms with Crippen LogP contribution >= 0.6 is 0 Å². The number of para-hydroxylation sites is 1. The van der Waals surface area contributed by atoms with E-state index in [1.54, 1.807) is 12.1 Å². The first-order valence-electron chi connectivity index (χ1n) is 11.7. The van der Waals surface area contributed by atoms with Gasteiger partial charge >= 0.3 is 6.16 Å². The molecular formula is C27H28N4O4. The second-order valence-electron chi connectivity index (χ2n) is 8.26. The molecule has 0 bridgehead atoms. The van der Waals surface area contributed by atoms with Crippen LogP contribution in [-0.2, 0) is 17.8 Å². The number of hydrogen-bond acceptors (Lipinski definition) is 5. The van der Waals surface area contributed by atoms with Crippen LogP contribution in [0.25, 0.3) is 22.3 Å². The summed E-state index contributed by atoms with van der Waals surface area (Å²) in [6, 6.07) is 18.8. The van der Waals surface area contributed by atoms with Gasteiger partial charge in [0.15, 0.2) is 5.65 Å². The standard InChI is InChI=1S/C27H28N4O4/c1-3-7-24-30-26-21(15-16-23(29-26)28-25(32)8-4-2)31(24)17-18-11-13-19(14-12-18)20-9-5-6-10-22(20)35-27(33)34/h5-6,9-16H,3-4,7-8,17H2,1-2H3,(H,33,34)(H,28,29,32). The molecule has 0 saturated carbocycles. The molecule has 4 aromatic rings. The van der Waals surface area contributed by atoms with Crippen molar-refractivity contribution in [2.75, 3.05) is 5.32 Å². The zero-order chi connectivity index (χ0) is 24.8. The van der Waals surface area contributed by atoms with Crippen molar-refractivity contribution in [3.05, 3.63) is 72.1 Å². The number of carbonyl (C=O) groups is 2. The van der Waals surface area contributed by atoms with Crippen LogP contribution in [-0.4, -0.2) is 31.7 Å². The van der Waals surface area contributed by atoms with E-state index in [-0.39, 0.29) is 5.91 Å². The van der Waals surface area contributed by atoms with Crippen LogP contribution in [0.3, 0.4) is 0 Å². The number of benzene rings is 2. The van der Waals surface area contributed by atoms with E-state index in [1.807, 2.05) is 55.5 Å². The summed E-state index contributed by atoms with van der Waals surface area (Å²) >= 11 is 0. The van der Waals surface area contributed by atoms with Gasteiger partial charge in [-0.25, -0.2) is 14.8 Å². The van der Waals surface area contributed by atoms with Crippen molar-refractivity contribution < 1.29 is 19.4 Å². The smallest absolute Gasteiger partial charge is 0.449 e. The van der Waals surface area contributed by atoms with Crippen LogP contribution in [0, 0.1) is 0 Å². The van der Waals surface area contributed by atoms with Crippen molar-refractivity contribution in [1.82, 2.24) is 14.5 Å². The summed E-state index contributed by atoms with van der Waals surface area (Å²) in [6.07, 6.45) is 1.65. The molecule has 35 heavy (non-hydrogen) atoms. The first kappa shape index (κ1) is 23.9. The van der Waals surface area contributed by atoms with Crippen LogP contribution in [0.5, 0.6) is 5.75 Å².